The monoisotopic (exact) mass is 272 g/mol. The molecule has 108 valence electrons. The van der Waals surface area contributed by atoms with E-state index in [0.29, 0.717) is 11.8 Å². The summed E-state index contributed by atoms with van der Waals surface area (Å²) in [7, 11) is 0. The van der Waals surface area contributed by atoms with Crippen LogP contribution in [-0.4, -0.2) is 11.7 Å². The second-order valence-electron chi connectivity index (χ2n) is 5.98. The number of hydrogen-bond acceptors (Lipinski definition) is 3. The van der Waals surface area contributed by atoms with E-state index in [2.05, 4.69) is 62.4 Å². The highest BCUT2D eigenvalue weighted by molar-refractivity contribution is 5.61. The molecule has 0 aliphatic heterocycles. The Morgan fingerprint density at radius 3 is 2.40 bits per heavy atom. The molecule has 0 fully saturated rings. The third kappa shape index (κ3) is 3.70. The van der Waals surface area contributed by atoms with Crippen molar-refractivity contribution in [3.63, 3.8) is 0 Å². The molecular weight excluding hydrogens is 248 g/mol. The first-order chi connectivity index (χ1) is 9.58. The van der Waals surface area contributed by atoms with Gasteiger partial charge in [0, 0.05) is 17.7 Å². The van der Waals surface area contributed by atoms with E-state index in [-0.39, 0.29) is 0 Å². The Morgan fingerprint density at radius 1 is 1.10 bits per heavy atom. The fourth-order valence-corrected chi connectivity index (χ4v) is 2.14. The maximum Gasteiger partial charge on any atom is 0.171 e. The summed E-state index contributed by atoms with van der Waals surface area (Å²) in [5.41, 5.74) is 3.55. The van der Waals surface area contributed by atoms with Gasteiger partial charge >= 0.3 is 0 Å². The van der Waals surface area contributed by atoms with Crippen LogP contribution in [0.5, 0.6) is 0 Å². The molecule has 0 amide bonds. The van der Waals surface area contributed by atoms with Crippen LogP contribution in [0.15, 0.2) is 35.0 Å². The van der Waals surface area contributed by atoms with Crippen molar-refractivity contribution >= 4 is 0 Å². The van der Waals surface area contributed by atoms with E-state index < -0.39 is 0 Å². The normalized spacial score (nSPS) is 11.5. The van der Waals surface area contributed by atoms with E-state index in [0.717, 1.165) is 30.0 Å². The zero-order valence-corrected chi connectivity index (χ0v) is 12.8. The lowest BCUT2D eigenvalue weighted by Crippen LogP contribution is -2.18. The van der Waals surface area contributed by atoms with Gasteiger partial charge in [0.05, 0.1) is 6.20 Å². The average molecular weight is 272 g/mol. The van der Waals surface area contributed by atoms with E-state index in [4.69, 9.17) is 4.52 Å². The van der Waals surface area contributed by atoms with Gasteiger partial charge in [0.15, 0.2) is 5.76 Å². The van der Waals surface area contributed by atoms with Crippen molar-refractivity contribution in [1.82, 2.24) is 10.5 Å². The van der Waals surface area contributed by atoms with Crippen molar-refractivity contribution in [3.05, 3.63) is 41.6 Å². The number of hydrogen-bond donors (Lipinski definition) is 1. The van der Waals surface area contributed by atoms with Crippen LogP contribution in [0.1, 0.15) is 44.7 Å². The zero-order valence-electron chi connectivity index (χ0n) is 12.8. The van der Waals surface area contributed by atoms with E-state index in [9.17, 15) is 0 Å². The molecule has 1 heterocycles. The summed E-state index contributed by atoms with van der Waals surface area (Å²) >= 11 is 0. The standard InChI is InChI=1S/C17H24N2O/c1-12(2)9-18-10-16-11-19-20-17(16)15-7-5-14(6-8-15)13(3)4/h5-8,11-13,18H,9-10H2,1-4H3. The van der Waals surface area contributed by atoms with Gasteiger partial charge in [-0.25, -0.2) is 0 Å². The summed E-state index contributed by atoms with van der Waals surface area (Å²) < 4.78 is 5.42. The Bertz CT molecular complexity index is 526. The molecule has 0 bridgehead atoms. The average Bonchev–Trinajstić information content (AvgIpc) is 2.87. The summed E-state index contributed by atoms with van der Waals surface area (Å²) in [6, 6.07) is 8.55. The largest absolute Gasteiger partial charge is 0.356 e. The van der Waals surface area contributed by atoms with Crippen LogP contribution < -0.4 is 5.32 Å². The van der Waals surface area contributed by atoms with E-state index in [1.807, 2.05) is 0 Å². The minimum Gasteiger partial charge on any atom is -0.356 e. The van der Waals surface area contributed by atoms with Crippen LogP contribution in [0.4, 0.5) is 0 Å². The Hall–Kier alpha value is -1.61. The molecule has 0 spiro atoms. The van der Waals surface area contributed by atoms with Gasteiger partial charge in [0.25, 0.3) is 0 Å². The molecule has 0 aliphatic rings. The first-order valence-electron chi connectivity index (χ1n) is 7.32. The van der Waals surface area contributed by atoms with Gasteiger partial charge in [-0.2, -0.15) is 0 Å². The van der Waals surface area contributed by atoms with Gasteiger partial charge in [-0.3, -0.25) is 0 Å². The lowest BCUT2D eigenvalue weighted by atomic mass is 10.0. The topological polar surface area (TPSA) is 38.1 Å². The SMILES string of the molecule is CC(C)CNCc1cnoc1-c1ccc(C(C)C)cc1. The van der Waals surface area contributed by atoms with Gasteiger partial charge in [-0.15, -0.1) is 0 Å². The molecule has 2 rings (SSSR count). The summed E-state index contributed by atoms with van der Waals surface area (Å²) in [5, 5.41) is 7.37. The van der Waals surface area contributed by atoms with Crippen molar-refractivity contribution in [2.45, 2.75) is 40.2 Å². The molecule has 0 radical (unpaired) electrons. The van der Waals surface area contributed by atoms with Crippen LogP contribution in [0.2, 0.25) is 0 Å². The molecule has 3 heteroatoms. The predicted octanol–water partition coefficient (Wildman–Crippen LogP) is 4.21. The molecule has 20 heavy (non-hydrogen) atoms. The van der Waals surface area contributed by atoms with E-state index in [1.54, 1.807) is 6.20 Å². The molecule has 0 saturated heterocycles. The molecule has 0 aliphatic carbocycles. The van der Waals surface area contributed by atoms with Gasteiger partial charge < -0.3 is 9.84 Å². The summed E-state index contributed by atoms with van der Waals surface area (Å²) in [6.07, 6.45) is 1.80. The highest BCUT2D eigenvalue weighted by Gasteiger charge is 2.11. The van der Waals surface area contributed by atoms with Gasteiger partial charge in [0.2, 0.25) is 0 Å². The van der Waals surface area contributed by atoms with Crippen molar-refractivity contribution in [3.8, 4) is 11.3 Å². The number of nitrogens with zero attached hydrogens (tertiary/aromatic N) is 1. The highest BCUT2D eigenvalue weighted by Crippen LogP contribution is 2.25. The number of benzene rings is 1. The Kier molecular flexibility index (Phi) is 4.96. The molecule has 1 N–H and O–H groups in total. The molecule has 0 atom stereocenters. The second-order valence-corrected chi connectivity index (χ2v) is 5.98. The lowest BCUT2D eigenvalue weighted by molar-refractivity contribution is 0.431. The lowest BCUT2D eigenvalue weighted by Gasteiger charge is -2.08. The van der Waals surface area contributed by atoms with Crippen molar-refractivity contribution < 1.29 is 4.52 Å². The molecule has 1 aromatic heterocycles. The Balaban J connectivity index is 2.10. The van der Waals surface area contributed by atoms with Gasteiger partial charge in [0.1, 0.15) is 0 Å². The summed E-state index contributed by atoms with van der Waals surface area (Å²) in [6.45, 7) is 10.6. The third-order valence-corrected chi connectivity index (χ3v) is 3.35. The Morgan fingerprint density at radius 2 is 1.80 bits per heavy atom. The van der Waals surface area contributed by atoms with Gasteiger partial charge in [-0.05, 0) is 23.9 Å². The molecule has 0 saturated carbocycles. The third-order valence-electron chi connectivity index (χ3n) is 3.35. The summed E-state index contributed by atoms with van der Waals surface area (Å²) in [4.78, 5) is 0. The second kappa shape index (κ2) is 6.71. The number of nitrogens with one attached hydrogen (secondary N) is 1. The maximum absolute atomic E-state index is 5.42. The first-order valence-corrected chi connectivity index (χ1v) is 7.32. The number of rotatable bonds is 6. The van der Waals surface area contributed by atoms with Crippen molar-refractivity contribution in [2.24, 2.45) is 5.92 Å². The van der Waals surface area contributed by atoms with Crippen molar-refractivity contribution in [2.75, 3.05) is 6.54 Å². The van der Waals surface area contributed by atoms with E-state index in [1.165, 1.54) is 5.56 Å². The minimum absolute atomic E-state index is 0.547. The van der Waals surface area contributed by atoms with Crippen molar-refractivity contribution in [1.29, 1.82) is 0 Å². The zero-order chi connectivity index (χ0) is 14.5. The van der Waals surface area contributed by atoms with E-state index >= 15 is 0 Å². The molecular formula is C17H24N2O. The first kappa shape index (κ1) is 14.8. The smallest absolute Gasteiger partial charge is 0.171 e. The molecule has 1 aromatic carbocycles. The predicted molar refractivity (Wildman–Crippen MR) is 82.6 cm³/mol. The molecule has 3 nitrogen and oxygen atoms in total. The summed E-state index contributed by atoms with van der Waals surface area (Å²) in [5.74, 6) is 2.06. The van der Waals surface area contributed by atoms with Crippen LogP contribution in [-0.2, 0) is 6.54 Å². The van der Waals surface area contributed by atoms with Crippen LogP contribution in [0.3, 0.4) is 0 Å². The highest BCUT2D eigenvalue weighted by atomic mass is 16.5. The Labute approximate surface area is 121 Å². The van der Waals surface area contributed by atoms with Crippen LogP contribution in [0, 0.1) is 5.92 Å². The van der Waals surface area contributed by atoms with Crippen LogP contribution >= 0.6 is 0 Å². The maximum atomic E-state index is 5.42. The molecule has 2 aromatic rings. The number of aromatic nitrogens is 1. The fourth-order valence-electron chi connectivity index (χ4n) is 2.14. The molecule has 0 unspecified atom stereocenters. The quantitative estimate of drug-likeness (QED) is 0.856. The van der Waals surface area contributed by atoms with Crippen LogP contribution in [0.25, 0.3) is 11.3 Å². The minimum atomic E-state index is 0.547. The fraction of sp³-hybridized carbons (Fsp3) is 0.471. The van der Waals surface area contributed by atoms with Gasteiger partial charge in [-0.1, -0.05) is 57.1 Å².